The van der Waals surface area contributed by atoms with Crippen LogP contribution in [0.15, 0.2) is 11.8 Å². The van der Waals surface area contributed by atoms with Gasteiger partial charge in [-0.1, -0.05) is 0 Å². The minimum Gasteiger partial charge on any atom is -0.402 e. The summed E-state index contributed by atoms with van der Waals surface area (Å²) in [7, 11) is 0. The highest BCUT2D eigenvalue weighted by atomic mass is 16.5. The quantitative estimate of drug-likeness (QED) is 0.527. The summed E-state index contributed by atoms with van der Waals surface area (Å²) < 4.78 is 5.38. The zero-order chi connectivity index (χ0) is 6.91. The molecule has 0 aliphatic carbocycles. The first-order chi connectivity index (χ1) is 4.10. The molecule has 1 rings (SSSR count). The van der Waals surface area contributed by atoms with Gasteiger partial charge in [-0.2, -0.15) is 0 Å². The van der Waals surface area contributed by atoms with Crippen molar-refractivity contribution in [3.8, 4) is 0 Å². The van der Waals surface area contributed by atoms with Gasteiger partial charge in [0.05, 0.1) is 12.2 Å². The van der Waals surface area contributed by atoms with Gasteiger partial charge >= 0.3 is 0 Å². The normalized spacial score (nSPS) is 25.3. The van der Waals surface area contributed by atoms with Gasteiger partial charge in [-0.25, -0.2) is 0 Å². The molecule has 0 unspecified atom stereocenters. The van der Waals surface area contributed by atoms with Crippen LogP contribution in [-0.2, 0) is 4.74 Å². The lowest BCUT2D eigenvalue weighted by Crippen LogP contribution is -2.30. The van der Waals surface area contributed by atoms with Gasteiger partial charge < -0.3 is 10.5 Å². The Bertz CT molecular complexity index is 138. The molecule has 0 atom stereocenters. The fourth-order valence-corrected chi connectivity index (χ4v) is 0.989. The van der Waals surface area contributed by atoms with Crippen LogP contribution in [0.1, 0.15) is 20.3 Å². The monoisotopic (exact) mass is 127 g/mol. The van der Waals surface area contributed by atoms with Crippen LogP contribution >= 0.6 is 0 Å². The maximum atomic E-state index is 5.59. The van der Waals surface area contributed by atoms with Crippen LogP contribution in [0.2, 0.25) is 0 Å². The average molecular weight is 127 g/mol. The molecule has 0 spiro atoms. The molecule has 2 nitrogen and oxygen atoms in total. The molecule has 0 bridgehead atoms. The summed E-state index contributed by atoms with van der Waals surface area (Å²) in [5.74, 6) is 0. The molecule has 0 radical (unpaired) electrons. The van der Waals surface area contributed by atoms with E-state index in [1.54, 1.807) is 0 Å². The number of ether oxygens (including phenoxy) is 1. The maximum absolute atomic E-state index is 5.59. The van der Waals surface area contributed by atoms with E-state index in [1.165, 1.54) is 0 Å². The van der Waals surface area contributed by atoms with Crippen LogP contribution in [0, 0.1) is 0 Å². The largest absolute Gasteiger partial charge is 0.402 e. The number of rotatable bonds is 0. The van der Waals surface area contributed by atoms with Crippen molar-refractivity contribution in [1.82, 2.24) is 0 Å². The van der Waals surface area contributed by atoms with Crippen molar-refractivity contribution >= 4 is 0 Å². The molecule has 0 saturated heterocycles. The van der Waals surface area contributed by atoms with Crippen molar-refractivity contribution in [1.29, 1.82) is 0 Å². The first kappa shape index (κ1) is 6.62. The molecule has 0 saturated carbocycles. The van der Waals surface area contributed by atoms with E-state index in [0.29, 0.717) is 6.61 Å². The van der Waals surface area contributed by atoms with E-state index < -0.39 is 0 Å². The van der Waals surface area contributed by atoms with E-state index in [2.05, 4.69) is 0 Å². The topological polar surface area (TPSA) is 35.2 Å². The van der Waals surface area contributed by atoms with Gasteiger partial charge in [0.15, 0.2) is 0 Å². The van der Waals surface area contributed by atoms with Gasteiger partial charge in [0, 0.05) is 12.1 Å². The molecule has 0 aromatic rings. The molecular formula is C7H13NO. The Morgan fingerprint density at radius 3 is 2.67 bits per heavy atom. The van der Waals surface area contributed by atoms with Gasteiger partial charge in [0.25, 0.3) is 0 Å². The predicted octanol–water partition coefficient (Wildman–Crippen LogP) is 1.03. The second-order valence-corrected chi connectivity index (χ2v) is 3.03. The Kier molecular flexibility index (Phi) is 1.49. The maximum Gasteiger partial charge on any atom is 0.0684 e. The highest BCUT2D eigenvalue weighted by molar-refractivity contribution is 5.04. The van der Waals surface area contributed by atoms with Crippen molar-refractivity contribution in [3.05, 3.63) is 11.8 Å². The third kappa shape index (κ3) is 1.72. The lowest BCUT2D eigenvalue weighted by molar-refractivity contribution is -0.00971. The van der Waals surface area contributed by atoms with Crippen LogP contribution in [-0.4, -0.2) is 12.2 Å². The number of hydrogen-bond donors (Lipinski definition) is 1. The lowest BCUT2D eigenvalue weighted by Gasteiger charge is -2.28. The molecule has 2 heteroatoms. The number of hydrogen-bond acceptors (Lipinski definition) is 2. The van der Waals surface area contributed by atoms with Gasteiger partial charge in [-0.05, 0) is 19.9 Å². The van der Waals surface area contributed by atoms with Crippen molar-refractivity contribution < 1.29 is 4.74 Å². The molecule has 9 heavy (non-hydrogen) atoms. The fraction of sp³-hybridized carbons (Fsp3) is 0.714. The summed E-state index contributed by atoms with van der Waals surface area (Å²) in [5, 5.41) is 0. The highest BCUT2D eigenvalue weighted by Gasteiger charge is 2.21. The van der Waals surface area contributed by atoms with Gasteiger partial charge in [0.1, 0.15) is 0 Å². The Hall–Kier alpha value is -0.500. The first-order valence-corrected chi connectivity index (χ1v) is 3.19. The van der Waals surface area contributed by atoms with Gasteiger partial charge in [0.2, 0.25) is 0 Å². The molecule has 1 heterocycles. The van der Waals surface area contributed by atoms with E-state index in [9.17, 15) is 0 Å². The van der Waals surface area contributed by atoms with Crippen LogP contribution in [0.4, 0.5) is 0 Å². The summed E-state index contributed by atoms with van der Waals surface area (Å²) in [6.07, 6.45) is 2.78. The molecule has 1 aliphatic rings. The first-order valence-electron chi connectivity index (χ1n) is 3.19. The Labute approximate surface area is 55.7 Å². The average Bonchev–Trinajstić information content (AvgIpc) is 1.60. The lowest BCUT2D eigenvalue weighted by atomic mass is 10.0. The Morgan fingerprint density at radius 1 is 1.67 bits per heavy atom. The molecule has 0 aromatic heterocycles. The zero-order valence-electron chi connectivity index (χ0n) is 5.98. The van der Waals surface area contributed by atoms with Crippen LogP contribution in [0.5, 0.6) is 0 Å². The van der Waals surface area contributed by atoms with Crippen molar-refractivity contribution in [2.75, 3.05) is 6.61 Å². The molecule has 0 aromatic carbocycles. The molecule has 0 amide bonds. The minimum absolute atomic E-state index is 0.0428. The predicted molar refractivity (Wildman–Crippen MR) is 36.9 cm³/mol. The van der Waals surface area contributed by atoms with Crippen molar-refractivity contribution in [2.24, 2.45) is 5.73 Å². The molecule has 1 aliphatic heterocycles. The van der Waals surface area contributed by atoms with E-state index in [0.717, 1.165) is 12.1 Å². The molecule has 52 valence electrons. The Morgan fingerprint density at radius 2 is 2.33 bits per heavy atom. The number of nitrogens with two attached hydrogens (primary N) is 1. The van der Waals surface area contributed by atoms with Crippen molar-refractivity contribution in [2.45, 2.75) is 25.9 Å². The molecular weight excluding hydrogens is 114 g/mol. The van der Waals surface area contributed by atoms with E-state index >= 15 is 0 Å². The summed E-state index contributed by atoms with van der Waals surface area (Å²) in [4.78, 5) is 0. The van der Waals surface area contributed by atoms with E-state index in [1.807, 2.05) is 19.9 Å². The summed E-state index contributed by atoms with van der Waals surface area (Å²) >= 11 is 0. The summed E-state index contributed by atoms with van der Waals surface area (Å²) in [5.41, 5.74) is 6.50. The van der Waals surface area contributed by atoms with Crippen LogP contribution in [0.25, 0.3) is 0 Å². The summed E-state index contributed by atoms with van der Waals surface area (Å²) in [6, 6.07) is 0. The molecule has 0 fully saturated rings. The summed E-state index contributed by atoms with van der Waals surface area (Å²) in [6.45, 7) is 4.76. The second kappa shape index (κ2) is 2.03. The van der Waals surface area contributed by atoms with Crippen molar-refractivity contribution in [3.63, 3.8) is 0 Å². The zero-order valence-corrected chi connectivity index (χ0v) is 5.98. The standard InChI is InChI=1S/C7H13NO/c1-7(2)5-6(8)3-4-9-7/h3H,4-5,8H2,1-2H3. The smallest absolute Gasteiger partial charge is 0.0684 e. The van der Waals surface area contributed by atoms with Gasteiger partial charge in [-0.3, -0.25) is 0 Å². The van der Waals surface area contributed by atoms with Crippen LogP contribution < -0.4 is 5.73 Å². The SMILES string of the molecule is CC1(C)CC(N)=CCO1. The third-order valence-electron chi connectivity index (χ3n) is 1.45. The second-order valence-electron chi connectivity index (χ2n) is 3.03. The van der Waals surface area contributed by atoms with E-state index in [-0.39, 0.29) is 5.60 Å². The Balaban J connectivity index is 2.59. The van der Waals surface area contributed by atoms with Gasteiger partial charge in [-0.15, -0.1) is 0 Å². The fourth-order valence-electron chi connectivity index (χ4n) is 0.989. The third-order valence-corrected chi connectivity index (χ3v) is 1.45. The molecule has 2 N–H and O–H groups in total. The minimum atomic E-state index is -0.0428. The van der Waals surface area contributed by atoms with E-state index in [4.69, 9.17) is 10.5 Å². The highest BCUT2D eigenvalue weighted by Crippen LogP contribution is 2.21. The van der Waals surface area contributed by atoms with Crippen LogP contribution in [0.3, 0.4) is 0 Å².